The van der Waals surface area contributed by atoms with E-state index >= 15 is 0 Å². The third kappa shape index (κ3) is 6.95. The number of para-hydroxylation sites is 7. The molecule has 0 aliphatic heterocycles. The third-order valence-electron chi connectivity index (χ3n) is 16.8. The summed E-state index contributed by atoms with van der Waals surface area (Å²) >= 11 is 0. The van der Waals surface area contributed by atoms with E-state index in [0.29, 0.717) is 5.82 Å². The lowest BCUT2D eigenvalue weighted by molar-refractivity contribution is 1.14. The molecule has 382 valence electrons. The molecule has 0 spiro atoms. The monoisotopic (exact) mass is 1040 g/mol. The van der Waals surface area contributed by atoms with Crippen LogP contribution in [0.4, 0.5) is 0 Å². The van der Waals surface area contributed by atoms with Crippen molar-refractivity contribution in [2.24, 2.45) is 0 Å². The van der Waals surface area contributed by atoms with E-state index in [2.05, 4.69) is 309 Å². The summed E-state index contributed by atoms with van der Waals surface area (Å²) in [4.78, 5) is 11.1. The molecule has 0 bridgehead atoms. The molecule has 17 aromatic rings. The van der Waals surface area contributed by atoms with Gasteiger partial charge in [-0.15, -0.1) is 0 Å². The van der Waals surface area contributed by atoms with Gasteiger partial charge in [0.05, 0.1) is 66.9 Å². The quantitative estimate of drug-likeness (QED) is 0.152. The van der Waals surface area contributed by atoms with Gasteiger partial charge in [-0.1, -0.05) is 200 Å². The van der Waals surface area contributed by atoms with Gasteiger partial charge < -0.3 is 18.3 Å². The van der Waals surface area contributed by atoms with E-state index in [4.69, 9.17) is 9.97 Å². The highest BCUT2D eigenvalue weighted by Gasteiger charge is 2.26. The molecule has 6 heteroatoms. The van der Waals surface area contributed by atoms with Crippen LogP contribution in [0.5, 0.6) is 0 Å². The molecular formula is C76H48N6. The maximum absolute atomic E-state index is 5.57. The van der Waals surface area contributed by atoms with Gasteiger partial charge in [-0.3, -0.25) is 0 Å². The first-order valence-corrected chi connectivity index (χ1v) is 28.0. The van der Waals surface area contributed by atoms with Crippen LogP contribution in [0.3, 0.4) is 0 Å². The minimum absolute atomic E-state index is 0.636. The highest BCUT2D eigenvalue weighted by Crippen LogP contribution is 2.46. The van der Waals surface area contributed by atoms with E-state index < -0.39 is 0 Å². The number of aromatic nitrogens is 6. The Morgan fingerprint density at radius 3 is 0.988 bits per heavy atom. The second kappa shape index (κ2) is 18.2. The average Bonchev–Trinajstić information content (AvgIpc) is 3.83. The van der Waals surface area contributed by atoms with Crippen LogP contribution in [0.25, 0.3) is 155 Å². The molecule has 0 atom stereocenters. The molecule has 0 unspecified atom stereocenters. The Hall–Kier alpha value is -11.1. The summed E-state index contributed by atoms with van der Waals surface area (Å²) in [5.41, 5.74) is 20.1. The summed E-state index contributed by atoms with van der Waals surface area (Å²) in [6.45, 7) is 0. The molecule has 12 aromatic carbocycles. The average molecular weight is 1050 g/mol. The second-order valence-electron chi connectivity index (χ2n) is 21.3. The smallest absolute Gasteiger partial charge is 0.161 e. The Labute approximate surface area is 471 Å². The first-order chi connectivity index (χ1) is 40.7. The summed E-state index contributed by atoms with van der Waals surface area (Å²) in [6, 6.07) is 105. The van der Waals surface area contributed by atoms with Gasteiger partial charge in [-0.05, 0) is 91.0 Å². The van der Waals surface area contributed by atoms with Crippen molar-refractivity contribution < 1.29 is 0 Å². The molecule has 0 fully saturated rings. The summed E-state index contributed by atoms with van der Waals surface area (Å²) in [7, 11) is 0. The van der Waals surface area contributed by atoms with Crippen LogP contribution in [0, 0.1) is 0 Å². The fraction of sp³-hybridized carbons (Fsp3) is 0. The van der Waals surface area contributed by atoms with Crippen LogP contribution in [0.2, 0.25) is 0 Å². The van der Waals surface area contributed by atoms with E-state index in [1.165, 1.54) is 54.4 Å². The normalized spacial score (nSPS) is 11.9. The Kier molecular flexibility index (Phi) is 10.2. The highest BCUT2D eigenvalue weighted by molar-refractivity contribution is 6.15. The standard InChI is InChI=1S/C76H48N6/c1-3-22-49(23-4-1)63-48-64(50-24-5-2-6-25-50)78-76(77-63)60-33-21-41-74(75(60)59-32-13-20-40-71(59)81-69-38-18-11-30-57(69)58-31-12-19-39-70(58)81)82-72-44-42-51(79-65-34-14-7-26-53(65)54-27-8-15-35-66(54)79)46-61(72)62-47-52(43-45-73(62)82)80-67-36-16-9-28-55(67)56-29-10-17-37-68(56)80/h1-48H. The van der Waals surface area contributed by atoms with Gasteiger partial charge in [-0.2, -0.15) is 0 Å². The van der Waals surface area contributed by atoms with Gasteiger partial charge in [0.25, 0.3) is 0 Å². The number of rotatable bonds is 8. The zero-order valence-corrected chi connectivity index (χ0v) is 44.4. The number of benzene rings is 12. The molecule has 0 aliphatic rings. The molecule has 82 heavy (non-hydrogen) atoms. The van der Waals surface area contributed by atoms with E-state index in [0.717, 1.165) is 94.8 Å². The Bertz CT molecular complexity index is 5020. The lowest BCUT2D eigenvalue weighted by Crippen LogP contribution is -2.05. The fourth-order valence-corrected chi connectivity index (χ4v) is 13.3. The second-order valence-corrected chi connectivity index (χ2v) is 21.3. The van der Waals surface area contributed by atoms with Gasteiger partial charge in [0, 0.05) is 82.3 Å². The molecule has 0 amide bonds. The maximum atomic E-state index is 5.57. The van der Waals surface area contributed by atoms with Crippen molar-refractivity contribution >= 4 is 87.2 Å². The summed E-state index contributed by atoms with van der Waals surface area (Å²) in [5.74, 6) is 0.636. The van der Waals surface area contributed by atoms with Gasteiger partial charge in [0.1, 0.15) is 0 Å². The summed E-state index contributed by atoms with van der Waals surface area (Å²) < 4.78 is 9.80. The Morgan fingerprint density at radius 2 is 0.549 bits per heavy atom. The van der Waals surface area contributed by atoms with Crippen LogP contribution in [-0.2, 0) is 0 Å². The Morgan fingerprint density at radius 1 is 0.220 bits per heavy atom. The minimum Gasteiger partial charge on any atom is -0.309 e. The van der Waals surface area contributed by atoms with Crippen LogP contribution in [-0.4, -0.2) is 28.2 Å². The van der Waals surface area contributed by atoms with Crippen molar-refractivity contribution in [1.29, 1.82) is 0 Å². The molecule has 17 rings (SSSR count). The minimum atomic E-state index is 0.636. The Balaban J connectivity index is 1.00. The molecule has 0 saturated heterocycles. The molecule has 0 N–H and O–H groups in total. The highest BCUT2D eigenvalue weighted by atomic mass is 15.0. The molecule has 5 aromatic heterocycles. The van der Waals surface area contributed by atoms with Crippen molar-refractivity contribution in [2.45, 2.75) is 0 Å². The fourth-order valence-electron chi connectivity index (χ4n) is 13.3. The van der Waals surface area contributed by atoms with Crippen LogP contribution >= 0.6 is 0 Å². The third-order valence-corrected chi connectivity index (χ3v) is 16.8. The van der Waals surface area contributed by atoms with E-state index in [9.17, 15) is 0 Å². The number of fused-ring (bicyclic) bond motifs is 12. The van der Waals surface area contributed by atoms with Crippen LogP contribution < -0.4 is 0 Å². The zero-order chi connectivity index (χ0) is 53.8. The summed E-state index contributed by atoms with van der Waals surface area (Å²) in [6.07, 6.45) is 0. The lowest BCUT2D eigenvalue weighted by Gasteiger charge is -2.21. The number of hydrogen-bond donors (Lipinski definition) is 0. The SMILES string of the molecule is c1ccc(-c2cc(-c3ccccc3)nc(-c3cccc(-n4c5ccc(-n6c7ccccc7c7ccccc76)cc5c5cc(-n6c7ccccc7c7ccccc76)ccc54)c3-c3ccccc3-n3c4ccccc4c4ccccc43)n2)cc1. The molecule has 0 saturated carbocycles. The molecular weight excluding hydrogens is 997 g/mol. The van der Waals surface area contributed by atoms with E-state index in [1.54, 1.807) is 0 Å². The van der Waals surface area contributed by atoms with Crippen molar-refractivity contribution in [3.8, 4) is 67.8 Å². The predicted octanol–water partition coefficient (Wildman–Crippen LogP) is 19.5. The maximum Gasteiger partial charge on any atom is 0.161 e. The topological polar surface area (TPSA) is 45.5 Å². The van der Waals surface area contributed by atoms with Crippen molar-refractivity contribution in [1.82, 2.24) is 28.2 Å². The van der Waals surface area contributed by atoms with E-state index in [1.807, 2.05) is 0 Å². The molecule has 6 nitrogen and oxygen atoms in total. The van der Waals surface area contributed by atoms with E-state index in [-0.39, 0.29) is 0 Å². The van der Waals surface area contributed by atoms with Gasteiger partial charge in [0.2, 0.25) is 0 Å². The molecule has 5 heterocycles. The van der Waals surface area contributed by atoms with Crippen LogP contribution in [0.1, 0.15) is 0 Å². The van der Waals surface area contributed by atoms with Crippen molar-refractivity contribution in [2.75, 3.05) is 0 Å². The largest absolute Gasteiger partial charge is 0.309 e. The first-order valence-electron chi connectivity index (χ1n) is 28.0. The van der Waals surface area contributed by atoms with Crippen LogP contribution in [0.15, 0.2) is 291 Å². The summed E-state index contributed by atoms with van der Waals surface area (Å²) in [5, 5.41) is 9.59. The predicted molar refractivity (Wildman–Crippen MR) is 341 cm³/mol. The van der Waals surface area contributed by atoms with Crippen molar-refractivity contribution in [3.05, 3.63) is 291 Å². The number of hydrogen-bond acceptors (Lipinski definition) is 2. The molecule has 0 aliphatic carbocycles. The molecule has 0 radical (unpaired) electrons. The van der Waals surface area contributed by atoms with Gasteiger partial charge in [-0.25, -0.2) is 9.97 Å². The van der Waals surface area contributed by atoms with Crippen molar-refractivity contribution in [3.63, 3.8) is 0 Å². The van der Waals surface area contributed by atoms with Gasteiger partial charge >= 0.3 is 0 Å². The lowest BCUT2D eigenvalue weighted by atomic mass is 9.94. The van der Waals surface area contributed by atoms with Gasteiger partial charge in [0.15, 0.2) is 5.82 Å². The zero-order valence-electron chi connectivity index (χ0n) is 44.4. The number of nitrogens with zero attached hydrogens (tertiary/aromatic N) is 6. The first kappa shape index (κ1) is 45.9.